The molecule has 20 heavy (non-hydrogen) atoms. The van der Waals surface area contributed by atoms with Crippen molar-refractivity contribution >= 4 is 27.7 Å². The number of benzene rings is 1. The van der Waals surface area contributed by atoms with Gasteiger partial charge in [-0.3, -0.25) is 0 Å². The van der Waals surface area contributed by atoms with Crippen molar-refractivity contribution in [2.24, 2.45) is 0 Å². The quantitative estimate of drug-likeness (QED) is 0.814. The van der Waals surface area contributed by atoms with E-state index in [0.29, 0.717) is 4.47 Å². The molecule has 0 fully saturated rings. The van der Waals surface area contributed by atoms with Crippen LogP contribution in [-0.2, 0) is 0 Å². The summed E-state index contributed by atoms with van der Waals surface area (Å²) in [5.41, 5.74) is 3.78. The number of hydrogen-bond acceptors (Lipinski definition) is 3. The van der Waals surface area contributed by atoms with Crippen molar-refractivity contribution in [3.8, 4) is 6.07 Å². The summed E-state index contributed by atoms with van der Waals surface area (Å²) in [7, 11) is 0. The van der Waals surface area contributed by atoms with Gasteiger partial charge in [0.05, 0.1) is 22.0 Å². The van der Waals surface area contributed by atoms with E-state index in [1.165, 1.54) is 16.7 Å². The van der Waals surface area contributed by atoms with Crippen molar-refractivity contribution in [3.63, 3.8) is 0 Å². The molecule has 0 aromatic heterocycles. The van der Waals surface area contributed by atoms with Crippen LogP contribution in [0.1, 0.15) is 24.8 Å². The average Bonchev–Trinajstić information content (AvgIpc) is 2.88. The van der Waals surface area contributed by atoms with Crippen molar-refractivity contribution < 1.29 is 4.39 Å². The molecule has 0 amide bonds. The molecule has 0 aliphatic carbocycles. The lowest BCUT2D eigenvalue weighted by atomic mass is 9.87. The van der Waals surface area contributed by atoms with Gasteiger partial charge in [0.25, 0.3) is 0 Å². The molecule has 1 atom stereocenters. The summed E-state index contributed by atoms with van der Waals surface area (Å²) in [6.45, 7) is 1.93. The number of thioether (sulfide) groups is 1. The fraction of sp³-hybridized carbons (Fsp3) is 0.267. The van der Waals surface area contributed by atoms with E-state index in [4.69, 9.17) is 0 Å². The van der Waals surface area contributed by atoms with E-state index in [9.17, 15) is 9.65 Å². The van der Waals surface area contributed by atoms with Crippen LogP contribution >= 0.6 is 27.7 Å². The molecule has 0 radical (unpaired) electrons. The van der Waals surface area contributed by atoms with E-state index in [2.05, 4.69) is 27.3 Å². The number of allylic oxidation sites excluding steroid dienone is 4. The summed E-state index contributed by atoms with van der Waals surface area (Å²) < 4.78 is 13.9. The van der Waals surface area contributed by atoms with Crippen molar-refractivity contribution in [1.82, 2.24) is 5.32 Å². The molecule has 3 rings (SSSR count). The van der Waals surface area contributed by atoms with Crippen LogP contribution in [0.2, 0.25) is 0 Å². The summed E-state index contributed by atoms with van der Waals surface area (Å²) in [5, 5.41) is 12.8. The van der Waals surface area contributed by atoms with Gasteiger partial charge in [-0.25, -0.2) is 4.39 Å². The molecule has 1 unspecified atom stereocenters. The SMILES string of the molecule is CC1=C(C#N)C(c2ccc(F)c(Br)c2)C2=C(CCS2)N1. The molecule has 0 saturated carbocycles. The van der Waals surface area contributed by atoms with Crippen LogP contribution in [0.25, 0.3) is 0 Å². The van der Waals surface area contributed by atoms with Gasteiger partial charge >= 0.3 is 0 Å². The Balaban J connectivity index is 2.14. The first kappa shape index (κ1) is 13.7. The van der Waals surface area contributed by atoms with Crippen LogP contribution in [0.15, 0.2) is 44.5 Å². The van der Waals surface area contributed by atoms with Crippen LogP contribution in [0, 0.1) is 17.1 Å². The van der Waals surface area contributed by atoms with E-state index in [-0.39, 0.29) is 11.7 Å². The fourth-order valence-corrected chi connectivity index (χ4v) is 4.33. The lowest BCUT2D eigenvalue weighted by Crippen LogP contribution is -2.22. The maximum Gasteiger partial charge on any atom is 0.137 e. The van der Waals surface area contributed by atoms with E-state index in [1.54, 1.807) is 23.9 Å². The number of halogens is 2. The zero-order valence-corrected chi connectivity index (χ0v) is 13.2. The molecule has 0 bridgehead atoms. The molecule has 0 spiro atoms. The molecule has 2 heterocycles. The highest BCUT2D eigenvalue weighted by Gasteiger charge is 2.33. The lowest BCUT2D eigenvalue weighted by Gasteiger charge is -2.27. The van der Waals surface area contributed by atoms with Crippen LogP contribution < -0.4 is 5.32 Å². The van der Waals surface area contributed by atoms with Crippen LogP contribution in [-0.4, -0.2) is 5.75 Å². The van der Waals surface area contributed by atoms with E-state index in [0.717, 1.165) is 29.0 Å². The van der Waals surface area contributed by atoms with Crippen LogP contribution in [0.4, 0.5) is 4.39 Å². The number of nitrogens with zero attached hydrogens (tertiary/aromatic N) is 1. The topological polar surface area (TPSA) is 35.8 Å². The van der Waals surface area contributed by atoms with Gasteiger partial charge in [0, 0.05) is 22.1 Å². The van der Waals surface area contributed by atoms with Gasteiger partial charge in [-0.15, -0.1) is 11.8 Å². The Morgan fingerprint density at radius 1 is 1.50 bits per heavy atom. The van der Waals surface area contributed by atoms with E-state index in [1.807, 2.05) is 6.92 Å². The van der Waals surface area contributed by atoms with Crippen molar-refractivity contribution in [2.45, 2.75) is 19.3 Å². The highest BCUT2D eigenvalue weighted by atomic mass is 79.9. The molecule has 1 aromatic rings. The Bertz CT molecular complexity index is 688. The molecule has 2 nitrogen and oxygen atoms in total. The number of dihydropyridines is 1. The first-order valence-corrected chi connectivity index (χ1v) is 8.08. The maximum atomic E-state index is 13.4. The Labute approximate surface area is 129 Å². The number of rotatable bonds is 1. The fourth-order valence-electron chi connectivity index (χ4n) is 2.65. The first-order chi connectivity index (χ1) is 9.61. The van der Waals surface area contributed by atoms with Gasteiger partial charge in [0.1, 0.15) is 5.82 Å². The smallest absolute Gasteiger partial charge is 0.137 e. The third kappa shape index (κ3) is 2.17. The minimum absolute atomic E-state index is 0.0688. The van der Waals surface area contributed by atoms with Gasteiger partial charge in [-0.1, -0.05) is 6.07 Å². The van der Waals surface area contributed by atoms with Crippen molar-refractivity contribution in [2.75, 3.05) is 5.75 Å². The minimum Gasteiger partial charge on any atom is -0.361 e. The Morgan fingerprint density at radius 2 is 2.30 bits per heavy atom. The third-order valence-electron chi connectivity index (χ3n) is 3.60. The van der Waals surface area contributed by atoms with Gasteiger partial charge in [0.15, 0.2) is 0 Å². The second kappa shape index (κ2) is 5.27. The standard InChI is InChI=1S/C15H12BrFN2S/c1-8-10(7-18)14(15-13(19-8)4-5-20-15)9-2-3-12(17)11(16)6-9/h2-3,6,14,19H,4-5H2,1H3. The monoisotopic (exact) mass is 350 g/mol. The van der Waals surface area contributed by atoms with Crippen LogP contribution in [0.3, 0.4) is 0 Å². The highest BCUT2D eigenvalue weighted by Crippen LogP contribution is 2.47. The molecule has 1 N–H and O–H groups in total. The van der Waals surface area contributed by atoms with Crippen molar-refractivity contribution in [3.05, 3.63) is 55.9 Å². The molecule has 102 valence electrons. The molecular weight excluding hydrogens is 339 g/mol. The Hall–Kier alpha value is -1.25. The molecule has 2 aliphatic rings. The van der Waals surface area contributed by atoms with Gasteiger partial charge in [-0.05, 0) is 47.0 Å². The first-order valence-electron chi connectivity index (χ1n) is 6.30. The second-order valence-electron chi connectivity index (χ2n) is 4.82. The molecule has 2 aliphatic heterocycles. The largest absolute Gasteiger partial charge is 0.361 e. The van der Waals surface area contributed by atoms with Gasteiger partial charge in [-0.2, -0.15) is 5.26 Å². The summed E-state index contributed by atoms with van der Waals surface area (Å²) >= 11 is 5.01. The zero-order chi connectivity index (χ0) is 14.3. The Kier molecular flexibility index (Phi) is 3.61. The summed E-state index contributed by atoms with van der Waals surface area (Å²) in [6, 6.07) is 7.30. The lowest BCUT2D eigenvalue weighted by molar-refractivity contribution is 0.620. The van der Waals surface area contributed by atoms with Crippen molar-refractivity contribution in [1.29, 1.82) is 5.26 Å². The molecular formula is C15H12BrFN2S. The van der Waals surface area contributed by atoms with Gasteiger partial charge in [0.2, 0.25) is 0 Å². The summed E-state index contributed by atoms with van der Waals surface area (Å²) in [6.07, 6.45) is 0.995. The van der Waals surface area contributed by atoms with E-state index < -0.39 is 0 Å². The molecule has 0 saturated heterocycles. The average molecular weight is 351 g/mol. The second-order valence-corrected chi connectivity index (χ2v) is 6.81. The Morgan fingerprint density at radius 3 is 3.00 bits per heavy atom. The maximum absolute atomic E-state index is 13.4. The highest BCUT2D eigenvalue weighted by molar-refractivity contribution is 9.10. The molecule has 5 heteroatoms. The zero-order valence-electron chi connectivity index (χ0n) is 10.8. The minimum atomic E-state index is -0.282. The number of nitrogens with one attached hydrogen (secondary N) is 1. The predicted molar refractivity (Wildman–Crippen MR) is 82.4 cm³/mol. The predicted octanol–water partition coefficient (Wildman–Crippen LogP) is 4.42. The van der Waals surface area contributed by atoms with E-state index >= 15 is 0 Å². The van der Waals surface area contributed by atoms with Gasteiger partial charge < -0.3 is 5.32 Å². The molecule has 1 aromatic carbocycles. The third-order valence-corrected chi connectivity index (χ3v) is 5.41. The van der Waals surface area contributed by atoms with Crippen LogP contribution in [0.5, 0.6) is 0 Å². The summed E-state index contributed by atoms with van der Waals surface area (Å²) in [4.78, 5) is 1.20. The number of nitriles is 1. The summed E-state index contributed by atoms with van der Waals surface area (Å²) in [5.74, 6) is 0.679. The number of hydrogen-bond donors (Lipinski definition) is 1. The normalized spacial score (nSPS) is 21.6.